The van der Waals surface area contributed by atoms with E-state index in [1.54, 1.807) is 0 Å². The van der Waals surface area contributed by atoms with Crippen LogP contribution in [0.4, 0.5) is 5.69 Å². The second kappa shape index (κ2) is 5.46. The standard InChI is InChI=1S/C16H16BrNO2/c17-11-6-14-13(10-4-2-1-3-5-10)8-12(19)9-20-16(14)15(18)7-11/h1-7,12-13,19H,8-9,18H2. The third kappa shape index (κ3) is 2.53. The van der Waals surface area contributed by atoms with Crippen molar-refractivity contribution in [3.05, 3.63) is 58.1 Å². The summed E-state index contributed by atoms with van der Waals surface area (Å²) < 4.78 is 6.63. The molecule has 0 spiro atoms. The van der Waals surface area contributed by atoms with Gasteiger partial charge in [0.05, 0.1) is 11.8 Å². The third-order valence-corrected chi connectivity index (χ3v) is 4.07. The molecule has 3 nitrogen and oxygen atoms in total. The molecule has 1 heterocycles. The highest BCUT2D eigenvalue weighted by molar-refractivity contribution is 9.10. The first-order chi connectivity index (χ1) is 9.65. The average Bonchev–Trinajstić information content (AvgIpc) is 2.60. The molecular formula is C16H16BrNO2. The van der Waals surface area contributed by atoms with E-state index in [1.807, 2.05) is 30.3 Å². The second-order valence-corrected chi connectivity index (χ2v) is 5.99. The number of rotatable bonds is 1. The van der Waals surface area contributed by atoms with Crippen molar-refractivity contribution >= 4 is 21.6 Å². The minimum atomic E-state index is -0.495. The molecule has 0 amide bonds. The molecule has 1 aliphatic heterocycles. The predicted octanol–water partition coefficient (Wildman–Crippen LogP) is 3.31. The number of ether oxygens (including phenoxy) is 1. The number of benzene rings is 2. The monoisotopic (exact) mass is 333 g/mol. The van der Waals surface area contributed by atoms with E-state index in [0.29, 0.717) is 17.9 Å². The summed E-state index contributed by atoms with van der Waals surface area (Å²) in [7, 11) is 0. The molecule has 0 aliphatic carbocycles. The van der Waals surface area contributed by atoms with Gasteiger partial charge in [0.25, 0.3) is 0 Å². The van der Waals surface area contributed by atoms with Crippen molar-refractivity contribution in [2.45, 2.75) is 18.4 Å². The van der Waals surface area contributed by atoms with Gasteiger partial charge < -0.3 is 15.6 Å². The Hall–Kier alpha value is -1.52. The molecule has 2 aromatic carbocycles. The quantitative estimate of drug-likeness (QED) is 0.787. The van der Waals surface area contributed by atoms with Crippen molar-refractivity contribution in [1.82, 2.24) is 0 Å². The van der Waals surface area contributed by atoms with Crippen LogP contribution in [0.25, 0.3) is 0 Å². The average molecular weight is 334 g/mol. The van der Waals surface area contributed by atoms with Crippen molar-refractivity contribution in [3.63, 3.8) is 0 Å². The number of nitrogen functional groups attached to an aromatic ring is 1. The summed E-state index contributed by atoms with van der Waals surface area (Å²) in [5, 5.41) is 10.1. The maximum Gasteiger partial charge on any atom is 0.146 e. The number of fused-ring (bicyclic) bond motifs is 1. The van der Waals surface area contributed by atoms with Crippen LogP contribution < -0.4 is 10.5 Å². The first-order valence-corrected chi connectivity index (χ1v) is 7.39. The zero-order chi connectivity index (χ0) is 14.1. The highest BCUT2D eigenvalue weighted by atomic mass is 79.9. The van der Waals surface area contributed by atoms with Crippen LogP contribution in [-0.2, 0) is 0 Å². The summed E-state index contributed by atoms with van der Waals surface area (Å²) in [5.41, 5.74) is 8.85. The molecule has 2 atom stereocenters. The van der Waals surface area contributed by atoms with E-state index in [2.05, 4.69) is 28.1 Å². The van der Waals surface area contributed by atoms with E-state index < -0.39 is 6.10 Å². The van der Waals surface area contributed by atoms with Gasteiger partial charge >= 0.3 is 0 Å². The lowest BCUT2D eigenvalue weighted by Gasteiger charge is -2.19. The molecule has 0 fully saturated rings. The first-order valence-electron chi connectivity index (χ1n) is 6.60. The molecule has 104 valence electrons. The molecule has 3 rings (SSSR count). The Labute approximate surface area is 126 Å². The van der Waals surface area contributed by atoms with Crippen molar-refractivity contribution in [3.8, 4) is 5.75 Å². The molecule has 20 heavy (non-hydrogen) atoms. The number of aliphatic hydroxyl groups excluding tert-OH is 1. The van der Waals surface area contributed by atoms with E-state index in [4.69, 9.17) is 10.5 Å². The van der Waals surface area contributed by atoms with Crippen LogP contribution in [0.15, 0.2) is 46.9 Å². The molecule has 4 heteroatoms. The zero-order valence-electron chi connectivity index (χ0n) is 10.9. The van der Waals surface area contributed by atoms with E-state index >= 15 is 0 Å². The lowest BCUT2D eigenvalue weighted by molar-refractivity contribution is 0.105. The largest absolute Gasteiger partial charge is 0.488 e. The van der Waals surface area contributed by atoms with Crippen LogP contribution in [0.5, 0.6) is 5.75 Å². The summed E-state index contributed by atoms with van der Waals surface area (Å²) in [6.45, 7) is 0.280. The van der Waals surface area contributed by atoms with E-state index in [-0.39, 0.29) is 12.5 Å². The summed E-state index contributed by atoms with van der Waals surface area (Å²) in [5.74, 6) is 0.780. The fourth-order valence-corrected chi connectivity index (χ4v) is 3.20. The number of anilines is 1. The minimum absolute atomic E-state index is 0.0866. The highest BCUT2D eigenvalue weighted by Gasteiger charge is 2.27. The topological polar surface area (TPSA) is 55.5 Å². The molecule has 0 bridgehead atoms. The maximum atomic E-state index is 10.1. The van der Waals surface area contributed by atoms with Crippen molar-refractivity contribution in [2.24, 2.45) is 0 Å². The Bertz CT molecular complexity index is 615. The number of halogens is 1. The molecule has 3 N–H and O–H groups in total. The predicted molar refractivity (Wildman–Crippen MR) is 83.0 cm³/mol. The van der Waals surface area contributed by atoms with Gasteiger partial charge in [-0.1, -0.05) is 46.3 Å². The van der Waals surface area contributed by atoms with Crippen molar-refractivity contribution in [1.29, 1.82) is 0 Å². The van der Waals surface area contributed by atoms with Crippen LogP contribution in [-0.4, -0.2) is 17.8 Å². The Kier molecular flexibility index (Phi) is 3.68. The Balaban J connectivity index is 2.15. The lowest BCUT2D eigenvalue weighted by Crippen LogP contribution is -2.17. The Morgan fingerprint density at radius 2 is 1.95 bits per heavy atom. The van der Waals surface area contributed by atoms with Gasteiger partial charge in [0.15, 0.2) is 0 Å². The Morgan fingerprint density at radius 3 is 2.70 bits per heavy atom. The van der Waals surface area contributed by atoms with E-state index in [9.17, 15) is 5.11 Å². The third-order valence-electron chi connectivity index (χ3n) is 3.62. The van der Waals surface area contributed by atoms with Gasteiger partial charge in [0.1, 0.15) is 12.4 Å². The minimum Gasteiger partial charge on any atom is -0.488 e. The number of hydrogen-bond acceptors (Lipinski definition) is 3. The molecule has 2 aromatic rings. The molecule has 0 radical (unpaired) electrons. The van der Waals surface area contributed by atoms with Crippen LogP contribution in [0.1, 0.15) is 23.5 Å². The summed E-state index contributed by atoms with van der Waals surface area (Å²) in [6.07, 6.45) is 0.137. The lowest BCUT2D eigenvalue weighted by atomic mass is 9.86. The second-order valence-electron chi connectivity index (χ2n) is 5.08. The van der Waals surface area contributed by atoms with E-state index in [1.165, 1.54) is 0 Å². The summed E-state index contributed by atoms with van der Waals surface area (Å²) in [4.78, 5) is 0. The Morgan fingerprint density at radius 1 is 1.20 bits per heavy atom. The molecule has 1 aliphatic rings. The normalized spacial score (nSPS) is 21.7. The van der Waals surface area contributed by atoms with Crippen molar-refractivity contribution in [2.75, 3.05) is 12.3 Å². The van der Waals surface area contributed by atoms with Gasteiger partial charge in [-0.15, -0.1) is 0 Å². The highest BCUT2D eigenvalue weighted by Crippen LogP contribution is 2.42. The number of nitrogens with two attached hydrogens (primary N) is 1. The van der Waals surface area contributed by atoms with Gasteiger partial charge in [-0.3, -0.25) is 0 Å². The summed E-state index contributed by atoms with van der Waals surface area (Å²) in [6, 6.07) is 14.0. The molecule has 0 aromatic heterocycles. The fraction of sp³-hybridized carbons (Fsp3) is 0.250. The molecule has 0 saturated carbocycles. The number of aliphatic hydroxyl groups is 1. The van der Waals surface area contributed by atoms with Gasteiger partial charge in [0, 0.05) is 16.0 Å². The van der Waals surface area contributed by atoms with Gasteiger partial charge in [-0.05, 0) is 24.1 Å². The van der Waals surface area contributed by atoms with Crippen LogP contribution >= 0.6 is 15.9 Å². The summed E-state index contributed by atoms with van der Waals surface area (Å²) >= 11 is 3.48. The molecule has 0 saturated heterocycles. The van der Waals surface area contributed by atoms with Crippen LogP contribution in [0, 0.1) is 0 Å². The fourth-order valence-electron chi connectivity index (χ4n) is 2.71. The van der Waals surface area contributed by atoms with Crippen LogP contribution in [0.3, 0.4) is 0 Å². The van der Waals surface area contributed by atoms with E-state index in [0.717, 1.165) is 15.6 Å². The van der Waals surface area contributed by atoms with Gasteiger partial charge in [-0.25, -0.2) is 0 Å². The maximum absolute atomic E-state index is 10.1. The molecule has 2 unspecified atom stereocenters. The van der Waals surface area contributed by atoms with Gasteiger partial charge in [-0.2, -0.15) is 0 Å². The smallest absolute Gasteiger partial charge is 0.146 e. The first kappa shape index (κ1) is 13.5. The number of hydrogen-bond donors (Lipinski definition) is 2. The SMILES string of the molecule is Nc1cc(Br)cc2c1OCC(O)CC2c1ccccc1. The molecular weight excluding hydrogens is 318 g/mol. The zero-order valence-corrected chi connectivity index (χ0v) is 12.5. The van der Waals surface area contributed by atoms with Crippen LogP contribution in [0.2, 0.25) is 0 Å². The van der Waals surface area contributed by atoms with Gasteiger partial charge in [0.2, 0.25) is 0 Å². The van der Waals surface area contributed by atoms with Crippen molar-refractivity contribution < 1.29 is 9.84 Å².